The molecule has 2 heterocycles. The average molecular weight is 260 g/mol. The van der Waals surface area contributed by atoms with E-state index in [0.29, 0.717) is 11.5 Å². The second-order valence-electron chi connectivity index (χ2n) is 4.51. The number of fused-ring (bicyclic) bond motifs is 3. The van der Waals surface area contributed by atoms with Crippen LogP contribution in [-0.4, -0.2) is 11.1 Å². The molecule has 0 fully saturated rings. The number of carbonyl (C=O) groups is 1. The molecule has 0 saturated heterocycles. The molecular weight excluding hydrogens is 248 g/mol. The second kappa shape index (κ2) is 3.85. The zero-order valence-corrected chi connectivity index (χ0v) is 10.9. The van der Waals surface area contributed by atoms with Crippen LogP contribution < -0.4 is 4.74 Å². The van der Waals surface area contributed by atoms with Gasteiger partial charge in [-0.25, -0.2) is 4.79 Å². The van der Waals surface area contributed by atoms with E-state index in [-0.39, 0.29) is 0 Å². The summed E-state index contributed by atoms with van der Waals surface area (Å²) in [5, 5.41) is 9.07. The highest BCUT2D eigenvalue weighted by Gasteiger charge is 2.24. The highest BCUT2D eigenvalue weighted by atomic mass is 32.1. The molecule has 2 aromatic rings. The molecule has 3 nitrogen and oxygen atoms in total. The number of hydrogen-bond donors (Lipinski definition) is 1. The normalized spacial score (nSPS) is 12.6. The van der Waals surface area contributed by atoms with Crippen molar-refractivity contribution in [1.82, 2.24) is 0 Å². The number of benzene rings is 1. The molecule has 1 aliphatic rings. The Morgan fingerprint density at radius 1 is 1.33 bits per heavy atom. The van der Waals surface area contributed by atoms with E-state index in [1.54, 1.807) is 6.07 Å². The van der Waals surface area contributed by atoms with Crippen molar-refractivity contribution < 1.29 is 14.6 Å². The molecule has 0 radical (unpaired) electrons. The van der Waals surface area contributed by atoms with Gasteiger partial charge in [0.2, 0.25) is 0 Å². The van der Waals surface area contributed by atoms with Crippen LogP contribution in [0.5, 0.6) is 5.75 Å². The zero-order chi connectivity index (χ0) is 12.9. The van der Waals surface area contributed by atoms with Gasteiger partial charge in [-0.2, -0.15) is 0 Å². The predicted octanol–water partition coefficient (Wildman–Crippen LogP) is 3.62. The van der Waals surface area contributed by atoms with E-state index in [0.717, 1.165) is 32.9 Å². The van der Waals surface area contributed by atoms with Crippen LogP contribution in [0.2, 0.25) is 0 Å². The number of thiophene rings is 1. The van der Waals surface area contributed by atoms with Gasteiger partial charge in [0.05, 0.1) is 0 Å². The Labute approximate surface area is 109 Å². The minimum atomic E-state index is -0.874. The molecule has 0 bridgehead atoms. The molecule has 0 amide bonds. The highest BCUT2D eigenvalue weighted by Crippen LogP contribution is 2.44. The maximum absolute atomic E-state index is 11.0. The summed E-state index contributed by atoms with van der Waals surface area (Å²) in [4.78, 5) is 12.4. The molecule has 0 unspecified atom stereocenters. The van der Waals surface area contributed by atoms with Crippen molar-refractivity contribution in [3.05, 3.63) is 39.8 Å². The molecule has 92 valence electrons. The second-order valence-corrected chi connectivity index (χ2v) is 5.57. The van der Waals surface area contributed by atoms with Crippen LogP contribution in [0, 0.1) is 13.8 Å². The van der Waals surface area contributed by atoms with Crippen molar-refractivity contribution >= 4 is 17.3 Å². The number of carboxylic acid groups (broad SMARTS) is 1. The highest BCUT2D eigenvalue weighted by molar-refractivity contribution is 7.17. The van der Waals surface area contributed by atoms with Gasteiger partial charge in [-0.05, 0) is 37.1 Å². The molecule has 1 aromatic carbocycles. The first-order valence-electron chi connectivity index (χ1n) is 5.66. The molecule has 1 aromatic heterocycles. The third-order valence-electron chi connectivity index (χ3n) is 3.07. The predicted molar refractivity (Wildman–Crippen MR) is 70.5 cm³/mol. The molecule has 0 spiro atoms. The molecule has 3 rings (SSSR count). The lowest BCUT2D eigenvalue weighted by atomic mass is 9.99. The third-order valence-corrected chi connectivity index (χ3v) is 4.26. The van der Waals surface area contributed by atoms with Crippen molar-refractivity contribution in [3.8, 4) is 16.2 Å². The SMILES string of the molecule is Cc1cc(C)c2c(c1)OCc1cc(C(=O)O)sc1-2. The standard InChI is InChI=1S/C14H12O3S/c1-7-3-8(2)12-10(4-7)17-6-9-5-11(14(15)16)18-13(9)12/h3-5H,6H2,1-2H3,(H,15,16). The third kappa shape index (κ3) is 1.61. The fourth-order valence-corrected chi connectivity index (χ4v) is 3.46. The van der Waals surface area contributed by atoms with Gasteiger partial charge in [-0.15, -0.1) is 11.3 Å². The first-order valence-corrected chi connectivity index (χ1v) is 6.48. The lowest BCUT2D eigenvalue weighted by Crippen LogP contribution is -2.04. The van der Waals surface area contributed by atoms with Crippen molar-refractivity contribution in [3.63, 3.8) is 0 Å². The molecule has 4 heteroatoms. The van der Waals surface area contributed by atoms with Gasteiger partial charge in [-0.3, -0.25) is 0 Å². The van der Waals surface area contributed by atoms with Crippen molar-refractivity contribution in [2.45, 2.75) is 20.5 Å². The largest absolute Gasteiger partial charge is 0.488 e. The average Bonchev–Trinajstić information content (AvgIpc) is 2.71. The summed E-state index contributed by atoms with van der Waals surface area (Å²) in [5.41, 5.74) is 4.30. The van der Waals surface area contributed by atoms with Crippen LogP contribution in [0.15, 0.2) is 18.2 Å². The summed E-state index contributed by atoms with van der Waals surface area (Å²) in [7, 11) is 0. The molecule has 1 aliphatic heterocycles. The molecule has 0 atom stereocenters. The minimum absolute atomic E-state index is 0.372. The Hall–Kier alpha value is -1.81. The topological polar surface area (TPSA) is 46.5 Å². The minimum Gasteiger partial charge on any atom is -0.488 e. The van der Waals surface area contributed by atoms with Crippen LogP contribution in [0.4, 0.5) is 0 Å². The number of aromatic carboxylic acids is 1. The van der Waals surface area contributed by atoms with Gasteiger partial charge in [0.1, 0.15) is 17.2 Å². The van der Waals surface area contributed by atoms with Crippen molar-refractivity contribution in [1.29, 1.82) is 0 Å². The van der Waals surface area contributed by atoms with E-state index in [1.807, 2.05) is 19.9 Å². The van der Waals surface area contributed by atoms with Crippen LogP contribution in [0.1, 0.15) is 26.4 Å². The molecule has 0 aliphatic carbocycles. The molecule has 1 N–H and O–H groups in total. The van der Waals surface area contributed by atoms with Crippen LogP contribution in [0.25, 0.3) is 10.4 Å². The van der Waals surface area contributed by atoms with Crippen LogP contribution in [0.3, 0.4) is 0 Å². The zero-order valence-electron chi connectivity index (χ0n) is 10.1. The van der Waals surface area contributed by atoms with E-state index in [9.17, 15) is 4.79 Å². The van der Waals surface area contributed by atoms with Gasteiger partial charge >= 0.3 is 5.97 Å². The van der Waals surface area contributed by atoms with E-state index in [4.69, 9.17) is 9.84 Å². The molecular formula is C14H12O3S. The van der Waals surface area contributed by atoms with Crippen molar-refractivity contribution in [2.75, 3.05) is 0 Å². The number of hydrogen-bond acceptors (Lipinski definition) is 3. The Morgan fingerprint density at radius 3 is 2.83 bits per heavy atom. The lowest BCUT2D eigenvalue weighted by Gasteiger charge is -2.20. The number of rotatable bonds is 1. The number of carboxylic acids is 1. The quantitative estimate of drug-likeness (QED) is 0.851. The monoisotopic (exact) mass is 260 g/mol. The van der Waals surface area contributed by atoms with Gasteiger partial charge in [0, 0.05) is 16.0 Å². The van der Waals surface area contributed by atoms with Gasteiger partial charge < -0.3 is 9.84 Å². The Balaban J connectivity index is 2.25. The summed E-state index contributed by atoms with van der Waals surface area (Å²) in [6.07, 6.45) is 0. The van der Waals surface area contributed by atoms with Gasteiger partial charge in [-0.1, -0.05) is 6.07 Å². The Kier molecular flexibility index (Phi) is 2.41. The van der Waals surface area contributed by atoms with Crippen molar-refractivity contribution in [2.24, 2.45) is 0 Å². The van der Waals surface area contributed by atoms with E-state index >= 15 is 0 Å². The molecule has 0 saturated carbocycles. The Morgan fingerprint density at radius 2 is 2.11 bits per heavy atom. The summed E-state index contributed by atoms with van der Waals surface area (Å²) in [5.74, 6) is -0.0143. The number of aryl methyl sites for hydroxylation is 2. The van der Waals surface area contributed by atoms with E-state index in [1.165, 1.54) is 11.3 Å². The molecule has 18 heavy (non-hydrogen) atoms. The van der Waals surface area contributed by atoms with E-state index in [2.05, 4.69) is 6.07 Å². The van der Waals surface area contributed by atoms with Crippen LogP contribution >= 0.6 is 11.3 Å². The summed E-state index contributed by atoms with van der Waals surface area (Å²) in [6.45, 7) is 4.52. The smallest absolute Gasteiger partial charge is 0.345 e. The van der Waals surface area contributed by atoms with E-state index < -0.39 is 5.97 Å². The summed E-state index contributed by atoms with van der Waals surface area (Å²) >= 11 is 1.33. The maximum Gasteiger partial charge on any atom is 0.345 e. The Bertz CT molecular complexity index is 655. The lowest BCUT2D eigenvalue weighted by molar-refractivity contribution is 0.0702. The fraction of sp³-hybridized carbons (Fsp3) is 0.214. The number of ether oxygens (including phenoxy) is 1. The first-order chi connectivity index (χ1) is 8.56. The van der Waals surface area contributed by atoms with Gasteiger partial charge in [0.15, 0.2) is 0 Å². The maximum atomic E-state index is 11.0. The fourth-order valence-electron chi connectivity index (χ4n) is 2.34. The summed E-state index contributed by atoms with van der Waals surface area (Å²) < 4.78 is 5.72. The van der Waals surface area contributed by atoms with Gasteiger partial charge in [0.25, 0.3) is 0 Å². The van der Waals surface area contributed by atoms with Crippen LogP contribution in [-0.2, 0) is 6.61 Å². The summed E-state index contributed by atoms with van der Waals surface area (Å²) in [6, 6.07) is 5.81. The first kappa shape index (κ1) is 11.3.